The van der Waals surface area contributed by atoms with Gasteiger partial charge in [0, 0.05) is 25.4 Å². The van der Waals surface area contributed by atoms with Gasteiger partial charge in [0.05, 0.1) is 11.6 Å². The Morgan fingerprint density at radius 1 is 1.26 bits per heavy atom. The Kier molecular flexibility index (Phi) is 4.13. The predicted molar refractivity (Wildman–Crippen MR) is 95.2 cm³/mol. The van der Waals surface area contributed by atoms with E-state index < -0.39 is 17.2 Å². The van der Waals surface area contributed by atoms with Crippen molar-refractivity contribution in [2.45, 2.75) is 6.54 Å². The number of hydrogen-bond acceptors (Lipinski definition) is 6. The van der Waals surface area contributed by atoms with Crippen LogP contribution < -0.4 is 16.6 Å². The third-order valence-electron chi connectivity index (χ3n) is 3.97. The molecule has 4 aromatic heterocycles. The number of H-pyrrole nitrogens is 2. The molecule has 0 saturated heterocycles. The van der Waals surface area contributed by atoms with E-state index in [1.807, 2.05) is 0 Å². The van der Waals surface area contributed by atoms with E-state index in [1.54, 1.807) is 30.3 Å². The molecule has 0 radical (unpaired) electrons. The first-order valence-electron chi connectivity index (χ1n) is 8.09. The molecule has 4 aromatic rings. The van der Waals surface area contributed by atoms with Gasteiger partial charge in [-0.05, 0) is 24.3 Å². The highest BCUT2D eigenvalue weighted by atomic mass is 16.3. The van der Waals surface area contributed by atoms with E-state index in [9.17, 15) is 14.4 Å². The molecule has 3 N–H and O–H groups in total. The number of aromatic nitrogens is 5. The number of nitrogens with one attached hydrogen (secondary N) is 3. The van der Waals surface area contributed by atoms with Crippen LogP contribution in [0.5, 0.6) is 0 Å². The molecular formula is C17H14N6O4. The number of hydrogen-bond donors (Lipinski definition) is 3. The van der Waals surface area contributed by atoms with E-state index in [4.69, 9.17) is 4.42 Å². The van der Waals surface area contributed by atoms with Crippen LogP contribution in [-0.2, 0) is 6.54 Å². The third kappa shape index (κ3) is 3.15. The smallest absolute Gasteiger partial charge is 0.330 e. The Labute approximate surface area is 150 Å². The summed E-state index contributed by atoms with van der Waals surface area (Å²) in [6, 6.07) is 8.21. The lowest BCUT2D eigenvalue weighted by molar-refractivity contribution is 0.0947. The summed E-state index contributed by atoms with van der Waals surface area (Å²) in [5.41, 5.74) is -0.0729. The van der Waals surface area contributed by atoms with Gasteiger partial charge in [-0.15, -0.1) is 0 Å². The SMILES string of the molecule is O=C(NCCn1c(=O)[nH]c2ncccc2c1=O)c1cc(-c2ccco2)[nH]n1. The number of carbonyl (C=O) groups is 1. The average molecular weight is 366 g/mol. The topological polar surface area (TPSA) is 139 Å². The van der Waals surface area contributed by atoms with E-state index in [-0.39, 0.29) is 24.4 Å². The summed E-state index contributed by atoms with van der Waals surface area (Å²) in [5.74, 6) is 0.125. The fourth-order valence-corrected chi connectivity index (χ4v) is 2.65. The molecule has 0 aromatic carbocycles. The molecule has 4 rings (SSSR count). The Hall–Kier alpha value is -3.95. The first kappa shape index (κ1) is 16.5. The standard InChI is InChI=1S/C17H14N6O4/c24-15(12-9-11(21-22-12)13-4-2-8-27-13)19-6-7-23-16(25)10-3-1-5-18-14(10)20-17(23)26/h1-5,8-9H,6-7H2,(H,19,24)(H,21,22)(H,18,20,26). The van der Waals surface area contributed by atoms with Crippen LogP contribution >= 0.6 is 0 Å². The quantitative estimate of drug-likeness (QED) is 0.470. The number of nitrogens with zero attached hydrogens (tertiary/aromatic N) is 3. The minimum absolute atomic E-state index is 0.0141. The largest absolute Gasteiger partial charge is 0.463 e. The summed E-state index contributed by atoms with van der Waals surface area (Å²) in [7, 11) is 0. The van der Waals surface area contributed by atoms with Crippen LogP contribution in [0, 0.1) is 0 Å². The minimum atomic E-state index is -0.583. The van der Waals surface area contributed by atoms with Gasteiger partial charge in [0.1, 0.15) is 11.3 Å². The van der Waals surface area contributed by atoms with E-state index in [2.05, 4.69) is 25.5 Å². The van der Waals surface area contributed by atoms with Crippen molar-refractivity contribution in [3.05, 3.63) is 69.3 Å². The number of amides is 1. The van der Waals surface area contributed by atoms with Crippen molar-refractivity contribution in [1.29, 1.82) is 0 Å². The molecule has 4 heterocycles. The Morgan fingerprint density at radius 2 is 2.15 bits per heavy atom. The summed E-state index contributed by atoms with van der Waals surface area (Å²) < 4.78 is 6.25. The number of rotatable bonds is 5. The molecule has 0 unspecified atom stereocenters. The third-order valence-corrected chi connectivity index (χ3v) is 3.97. The molecule has 10 heteroatoms. The van der Waals surface area contributed by atoms with Crippen molar-refractivity contribution in [3.63, 3.8) is 0 Å². The molecule has 0 aliphatic heterocycles. The van der Waals surface area contributed by atoms with Crippen molar-refractivity contribution in [3.8, 4) is 11.5 Å². The van der Waals surface area contributed by atoms with Crippen LogP contribution in [0.4, 0.5) is 0 Å². The molecule has 27 heavy (non-hydrogen) atoms. The van der Waals surface area contributed by atoms with Gasteiger partial charge in [-0.1, -0.05) is 0 Å². The molecule has 0 saturated carbocycles. The predicted octanol–water partition coefficient (Wildman–Crippen LogP) is 0.498. The summed E-state index contributed by atoms with van der Waals surface area (Å²) in [5, 5.41) is 9.58. The fraction of sp³-hybridized carbons (Fsp3) is 0.118. The average Bonchev–Trinajstić information content (AvgIpc) is 3.35. The highest BCUT2D eigenvalue weighted by molar-refractivity contribution is 5.93. The van der Waals surface area contributed by atoms with Crippen LogP contribution in [0.1, 0.15) is 10.5 Å². The fourth-order valence-electron chi connectivity index (χ4n) is 2.65. The zero-order chi connectivity index (χ0) is 18.8. The zero-order valence-electron chi connectivity index (χ0n) is 13.9. The van der Waals surface area contributed by atoms with Crippen molar-refractivity contribution in [1.82, 2.24) is 30.0 Å². The molecule has 1 amide bonds. The number of pyridine rings is 1. The van der Waals surface area contributed by atoms with Crippen LogP contribution in [0.3, 0.4) is 0 Å². The maximum Gasteiger partial charge on any atom is 0.330 e. The van der Waals surface area contributed by atoms with Gasteiger partial charge >= 0.3 is 5.69 Å². The Morgan fingerprint density at radius 3 is 2.96 bits per heavy atom. The van der Waals surface area contributed by atoms with E-state index in [0.717, 1.165) is 4.57 Å². The molecule has 0 aliphatic carbocycles. The molecule has 136 valence electrons. The maximum absolute atomic E-state index is 12.4. The molecule has 0 fully saturated rings. The van der Waals surface area contributed by atoms with Crippen LogP contribution in [0.15, 0.2) is 56.8 Å². The summed E-state index contributed by atoms with van der Waals surface area (Å²) in [6.07, 6.45) is 3.01. The summed E-state index contributed by atoms with van der Waals surface area (Å²) in [4.78, 5) is 43.1. The second-order valence-electron chi connectivity index (χ2n) is 5.69. The van der Waals surface area contributed by atoms with Crippen LogP contribution in [-0.4, -0.2) is 37.2 Å². The first-order chi connectivity index (χ1) is 13.1. The van der Waals surface area contributed by atoms with Crippen molar-refractivity contribution < 1.29 is 9.21 Å². The number of aromatic amines is 2. The Bertz CT molecular complexity index is 1220. The van der Waals surface area contributed by atoms with E-state index in [0.29, 0.717) is 16.8 Å². The van der Waals surface area contributed by atoms with Crippen LogP contribution in [0.2, 0.25) is 0 Å². The lowest BCUT2D eigenvalue weighted by Crippen LogP contribution is -2.39. The van der Waals surface area contributed by atoms with Gasteiger partial charge in [-0.3, -0.25) is 24.2 Å². The number of fused-ring (bicyclic) bond motifs is 1. The molecule has 0 spiro atoms. The molecule has 0 aliphatic rings. The molecule has 0 atom stereocenters. The van der Waals surface area contributed by atoms with Gasteiger partial charge in [0.25, 0.3) is 11.5 Å². The lowest BCUT2D eigenvalue weighted by atomic mass is 10.3. The number of furan rings is 1. The van der Waals surface area contributed by atoms with Crippen molar-refractivity contribution in [2.24, 2.45) is 0 Å². The molecule has 0 bridgehead atoms. The first-order valence-corrected chi connectivity index (χ1v) is 8.09. The van der Waals surface area contributed by atoms with E-state index in [1.165, 1.54) is 12.5 Å². The van der Waals surface area contributed by atoms with Crippen molar-refractivity contribution >= 4 is 16.9 Å². The van der Waals surface area contributed by atoms with Gasteiger partial charge in [0.2, 0.25) is 0 Å². The highest BCUT2D eigenvalue weighted by Gasteiger charge is 2.13. The second-order valence-corrected chi connectivity index (χ2v) is 5.69. The van der Waals surface area contributed by atoms with E-state index >= 15 is 0 Å². The lowest BCUT2D eigenvalue weighted by Gasteiger charge is -2.06. The van der Waals surface area contributed by atoms with Gasteiger partial charge < -0.3 is 9.73 Å². The maximum atomic E-state index is 12.4. The van der Waals surface area contributed by atoms with Gasteiger partial charge in [-0.25, -0.2) is 9.78 Å². The zero-order valence-corrected chi connectivity index (χ0v) is 13.9. The molecule has 10 nitrogen and oxygen atoms in total. The Balaban J connectivity index is 1.46. The van der Waals surface area contributed by atoms with Gasteiger partial charge in [-0.2, -0.15) is 5.10 Å². The summed E-state index contributed by atoms with van der Waals surface area (Å²) in [6.45, 7) is 0.0940. The van der Waals surface area contributed by atoms with Gasteiger partial charge in [0.15, 0.2) is 11.5 Å². The van der Waals surface area contributed by atoms with Crippen molar-refractivity contribution in [2.75, 3.05) is 6.54 Å². The monoisotopic (exact) mass is 366 g/mol. The summed E-state index contributed by atoms with van der Waals surface area (Å²) >= 11 is 0. The van der Waals surface area contributed by atoms with Crippen LogP contribution in [0.25, 0.3) is 22.5 Å². The second kappa shape index (κ2) is 6.75. The molecular weight excluding hydrogens is 352 g/mol. The minimum Gasteiger partial charge on any atom is -0.463 e. The normalized spacial score (nSPS) is 11.0. The number of carbonyl (C=O) groups excluding carboxylic acids is 1. The highest BCUT2D eigenvalue weighted by Crippen LogP contribution is 2.17.